The summed E-state index contributed by atoms with van der Waals surface area (Å²) in [5.41, 5.74) is 3.62. The number of carbonyl (C=O) groups excluding carboxylic acids is 1. The molecule has 0 bridgehead atoms. The smallest absolute Gasteiger partial charge is 0.207 e. The first-order valence-electron chi connectivity index (χ1n) is 11.5. The summed E-state index contributed by atoms with van der Waals surface area (Å²) in [6.07, 6.45) is 3.69. The quantitative estimate of drug-likeness (QED) is 0.186. The number of halogens is 1. The lowest BCUT2D eigenvalue weighted by atomic mass is 9.98. The van der Waals surface area contributed by atoms with Crippen molar-refractivity contribution in [2.75, 3.05) is 25.6 Å². The summed E-state index contributed by atoms with van der Waals surface area (Å²) in [7, 11) is 1.64. The number of amides is 1. The van der Waals surface area contributed by atoms with Gasteiger partial charge in [-0.15, -0.1) is 0 Å². The van der Waals surface area contributed by atoms with Crippen molar-refractivity contribution in [2.24, 2.45) is 0 Å². The van der Waals surface area contributed by atoms with E-state index in [2.05, 4.69) is 24.5 Å². The fourth-order valence-corrected chi connectivity index (χ4v) is 3.54. The molecule has 0 fully saturated rings. The Balaban J connectivity index is 2.26. The Morgan fingerprint density at radius 1 is 1.21 bits per heavy atom. The van der Waals surface area contributed by atoms with E-state index >= 15 is 0 Å². The normalized spacial score (nSPS) is 12.6. The molecule has 0 radical (unpaired) electrons. The molecule has 7 heteroatoms. The van der Waals surface area contributed by atoms with Crippen LogP contribution in [0.4, 0.5) is 10.1 Å². The Labute approximate surface area is 196 Å². The zero-order valence-electron chi connectivity index (χ0n) is 19.8. The predicted octanol–water partition coefficient (Wildman–Crippen LogP) is 5.09. The molecule has 0 heterocycles. The van der Waals surface area contributed by atoms with Crippen LogP contribution in [-0.4, -0.2) is 44.6 Å². The van der Waals surface area contributed by atoms with Crippen LogP contribution in [-0.2, 0) is 16.1 Å². The SMILES string of the molecule is CCCCCC(C)Nc1ccc(OCC(F)CNC=O)cc1C(=N)c1cccc(COC)c1. The molecule has 0 saturated heterocycles. The summed E-state index contributed by atoms with van der Waals surface area (Å²) in [5, 5.41) is 14.7. The van der Waals surface area contributed by atoms with Gasteiger partial charge in [0, 0.05) is 30.0 Å². The zero-order chi connectivity index (χ0) is 24.1. The van der Waals surface area contributed by atoms with E-state index in [1.165, 1.54) is 12.8 Å². The second kappa shape index (κ2) is 14.3. The molecule has 0 aromatic heterocycles. The molecular weight excluding hydrogens is 421 g/mol. The number of hydrogen-bond donors (Lipinski definition) is 3. The Kier molecular flexibility index (Phi) is 11.4. The van der Waals surface area contributed by atoms with Crippen LogP contribution in [0.25, 0.3) is 0 Å². The van der Waals surface area contributed by atoms with E-state index in [4.69, 9.17) is 14.9 Å². The van der Waals surface area contributed by atoms with Crippen molar-refractivity contribution in [1.82, 2.24) is 5.32 Å². The Hall–Kier alpha value is -2.93. The van der Waals surface area contributed by atoms with Crippen LogP contribution < -0.4 is 15.4 Å². The fourth-order valence-electron chi connectivity index (χ4n) is 3.54. The summed E-state index contributed by atoms with van der Waals surface area (Å²) < 4.78 is 24.7. The number of anilines is 1. The van der Waals surface area contributed by atoms with Crippen LogP contribution in [0.3, 0.4) is 0 Å². The molecule has 0 aliphatic rings. The van der Waals surface area contributed by atoms with Gasteiger partial charge < -0.3 is 20.1 Å². The van der Waals surface area contributed by atoms with Gasteiger partial charge in [0.05, 0.1) is 18.9 Å². The van der Waals surface area contributed by atoms with Gasteiger partial charge in [0.25, 0.3) is 0 Å². The van der Waals surface area contributed by atoms with Crippen LogP contribution >= 0.6 is 0 Å². The maximum Gasteiger partial charge on any atom is 0.207 e. The highest BCUT2D eigenvalue weighted by Crippen LogP contribution is 2.27. The highest BCUT2D eigenvalue weighted by Gasteiger charge is 2.15. The third-order valence-corrected chi connectivity index (χ3v) is 5.28. The number of ether oxygens (including phenoxy) is 2. The number of hydrogen-bond acceptors (Lipinski definition) is 5. The third kappa shape index (κ3) is 8.85. The average molecular weight is 458 g/mol. The summed E-state index contributed by atoms with van der Waals surface area (Å²) in [4.78, 5) is 10.4. The van der Waals surface area contributed by atoms with E-state index < -0.39 is 6.17 Å². The van der Waals surface area contributed by atoms with Gasteiger partial charge >= 0.3 is 0 Å². The molecule has 3 N–H and O–H groups in total. The molecule has 2 aromatic rings. The number of carbonyl (C=O) groups is 1. The number of nitrogens with one attached hydrogen (secondary N) is 3. The van der Waals surface area contributed by atoms with E-state index in [0.29, 0.717) is 30.0 Å². The van der Waals surface area contributed by atoms with Gasteiger partial charge in [0.2, 0.25) is 6.41 Å². The molecule has 0 saturated carbocycles. The standard InChI is InChI=1S/C26H36FN3O3/c1-4-5-6-8-19(2)30-25-12-11-23(33-17-22(27)15-29-18-31)14-24(25)26(28)21-10-7-9-20(13-21)16-32-3/h7,9-14,18-19,22,28,30H,4-6,8,15-17H2,1-3H3,(H,29,31). The lowest BCUT2D eigenvalue weighted by molar-refractivity contribution is -0.109. The van der Waals surface area contributed by atoms with Gasteiger partial charge in [-0.1, -0.05) is 44.4 Å². The molecule has 1 amide bonds. The van der Waals surface area contributed by atoms with Crippen molar-refractivity contribution >= 4 is 17.8 Å². The molecule has 0 aliphatic heterocycles. The molecule has 180 valence electrons. The molecule has 0 spiro atoms. The average Bonchev–Trinajstić information content (AvgIpc) is 2.82. The first-order chi connectivity index (χ1) is 16.0. The minimum Gasteiger partial charge on any atom is -0.490 e. The zero-order valence-corrected chi connectivity index (χ0v) is 19.8. The molecular formula is C26H36FN3O3. The van der Waals surface area contributed by atoms with Gasteiger partial charge in [-0.05, 0) is 43.2 Å². The largest absolute Gasteiger partial charge is 0.490 e. The molecule has 2 atom stereocenters. The molecule has 0 aliphatic carbocycles. The number of benzene rings is 2. The maximum absolute atomic E-state index is 13.9. The van der Waals surface area contributed by atoms with Gasteiger partial charge in [-0.3, -0.25) is 10.2 Å². The van der Waals surface area contributed by atoms with Gasteiger partial charge in [0.1, 0.15) is 12.4 Å². The Morgan fingerprint density at radius 2 is 2.03 bits per heavy atom. The maximum atomic E-state index is 13.9. The van der Waals surface area contributed by atoms with Crippen LogP contribution in [0.5, 0.6) is 5.75 Å². The van der Waals surface area contributed by atoms with Crippen LogP contribution in [0, 0.1) is 5.41 Å². The molecule has 2 rings (SSSR count). The highest BCUT2D eigenvalue weighted by atomic mass is 19.1. The van der Waals surface area contributed by atoms with Gasteiger partial charge in [0.15, 0.2) is 6.17 Å². The lowest BCUT2D eigenvalue weighted by Gasteiger charge is -2.20. The van der Waals surface area contributed by atoms with E-state index in [9.17, 15) is 9.18 Å². The van der Waals surface area contributed by atoms with Crippen molar-refractivity contribution in [3.05, 3.63) is 59.2 Å². The van der Waals surface area contributed by atoms with E-state index in [1.54, 1.807) is 19.2 Å². The first-order valence-corrected chi connectivity index (χ1v) is 11.5. The number of alkyl halides is 1. The second-order valence-corrected chi connectivity index (χ2v) is 8.19. The molecule has 2 unspecified atom stereocenters. The van der Waals surface area contributed by atoms with Gasteiger partial charge in [-0.25, -0.2) is 4.39 Å². The highest BCUT2D eigenvalue weighted by molar-refractivity contribution is 6.14. The van der Waals surface area contributed by atoms with Crippen molar-refractivity contribution in [1.29, 1.82) is 5.41 Å². The summed E-state index contributed by atoms with van der Waals surface area (Å²) in [5.74, 6) is 0.473. The summed E-state index contributed by atoms with van der Waals surface area (Å²) in [6.45, 7) is 4.51. The Morgan fingerprint density at radius 3 is 2.76 bits per heavy atom. The summed E-state index contributed by atoms with van der Waals surface area (Å²) in [6, 6.07) is 13.4. The Bertz CT molecular complexity index is 891. The minimum absolute atomic E-state index is 0.104. The number of methoxy groups -OCH3 is 1. The number of unbranched alkanes of at least 4 members (excludes halogenated alkanes) is 2. The van der Waals surface area contributed by atoms with Crippen molar-refractivity contribution < 1.29 is 18.7 Å². The minimum atomic E-state index is -1.32. The van der Waals surface area contributed by atoms with E-state index in [1.807, 2.05) is 30.3 Å². The monoisotopic (exact) mass is 457 g/mol. The van der Waals surface area contributed by atoms with Crippen LogP contribution in [0.15, 0.2) is 42.5 Å². The van der Waals surface area contributed by atoms with Crippen molar-refractivity contribution in [3.63, 3.8) is 0 Å². The van der Waals surface area contributed by atoms with E-state index in [0.717, 1.165) is 29.7 Å². The second-order valence-electron chi connectivity index (χ2n) is 8.19. The molecule has 6 nitrogen and oxygen atoms in total. The fraction of sp³-hybridized carbons (Fsp3) is 0.462. The van der Waals surface area contributed by atoms with Crippen molar-refractivity contribution in [2.45, 2.75) is 58.4 Å². The molecule has 2 aromatic carbocycles. The third-order valence-electron chi connectivity index (χ3n) is 5.28. The van der Waals surface area contributed by atoms with Crippen LogP contribution in [0.1, 0.15) is 56.2 Å². The predicted molar refractivity (Wildman–Crippen MR) is 131 cm³/mol. The summed E-state index contributed by atoms with van der Waals surface area (Å²) >= 11 is 0. The topological polar surface area (TPSA) is 83.4 Å². The van der Waals surface area contributed by atoms with Crippen LogP contribution in [0.2, 0.25) is 0 Å². The van der Waals surface area contributed by atoms with E-state index in [-0.39, 0.29) is 19.2 Å². The lowest BCUT2D eigenvalue weighted by Crippen LogP contribution is -2.27. The van der Waals surface area contributed by atoms with Crippen molar-refractivity contribution in [3.8, 4) is 5.75 Å². The number of rotatable bonds is 16. The van der Waals surface area contributed by atoms with Gasteiger partial charge in [-0.2, -0.15) is 0 Å². The first kappa shape index (κ1) is 26.3. The molecule has 33 heavy (non-hydrogen) atoms.